The normalized spacial score (nSPS) is 16.2. The lowest BCUT2D eigenvalue weighted by molar-refractivity contribution is 0.0997. The number of sulfone groups is 1. The molecule has 39 heavy (non-hydrogen) atoms. The Morgan fingerprint density at radius 1 is 0.949 bits per heavy atom. The zero-order valence-electron chi connectivity index (χ0n) is 23.5. The molecule has 4 rings (SSSR count). The quantitative estimate of drug-likeness (QED) is 0.374. The molecule has 1 aliphatic rings. The van der Waals surface area contributed by atoms with Gasteiger partial charge in [0.25, 0.3) is 0 Å². The molecule has 210 valence electrons. The molecule has 2 heterocycles. The number of nitrogen functional groups attached to an aromatic ring is 1. The molecule has 0 bridgehead atoms. The molecule has 4 N–H and O–H groups in total. The van der Waals surface area contributed by atoms with E-state index < -0.39 is 15.7 Å². The predicted octanol–water partition coefficient (Wildman–Crippen LogP) is 4.52. The van der Waals surface area contributed by atoms with Gasteiger partial charge in [-0.15, -0.1) is 0 Å². The maximum Gasteiger partial charge on any atom is 0.248 e. The maximum absolute atomic E-state index is 12.6. The molecule has 8 nitrogen and oxygen atoms in total. The first-order valence-corrected chi connectivity index (χ1v) is 15.3. The molecule has 1 aromatic heterocycles. The lowest BCUT2D eigenvalue weighted by Gasteiger charge is -2.41. The van der Waals surface area contributed by atoms with Gasteiger partial charge in [-0.25, -0.2) is 8.42 Å². The SMILES string of the molecule is CC(C)c1c(C(N)=O)ccc(C(c2cccc(S(C)(=O)=O)c2N)N2CCN(Cc3ccoc3)CC2)c1C(C)C. The summed E-state index contributed by atoms with van der Waals surface area (Å²) in [5.41, 5.74) is 18.2. The average Bonchev–Trinajstić information content (AvgIpc) is 3.37. The number of hydrogen-bond acceptors (Lipinski definition) is 7. The summed E-state index contributed by atoms with van der Waals surface area (Å²) in [5.74, 6) is -0.284. The van der Waals surface area contributed by atoms with Crippen LogP contribution in [0.2, 0.25) is 0 Å². The minimum atomic E-state index is -3.53. The second-order valence-corrected chi connectivity index (χ2v) is 13.1. The Bertz CT molecular complexity index is 1420. The first-order chi connectivity index (χ1) is 18.4. The number of rotatable bonds is 9. The lowest BCUT2D eigenvalue weighted by Crippen LogP contribution is -2.47. The molecule has 1 unspecified atom stereocenters. The van der Waals surface area contributed by atoms with Gasteiger partial charge in [0.05, 0.1) is 29.2 Å². The first kappa shape index (κ1) is 28.9. The average molecular weight is 553 g/mol. The van der Waals surface area contributed by atoms with Crippen LogP contribution in [0.25, 0.3) is 0 Å². The second-order valence-electron chi connectivity index (χ2n) is 11.1. The van der Waals surface area contributed by atoms with E-state index in [1.807, 2.05) is 24.3 Å². The van der Waals surface area contributed by atoms with Gasteiger partial charge in [-0.05, 0) is 52.3 Å². The third-order valence-corrected chi connectivity index (χ3v) is 8.74. The van der Waals surface area contributed by atoms with E-state index in [-0.39, 0.29) is 28.5 Å². The zero-order valence-corrected chi connectivity index (χ0v) is 24.3. The Labute approximate surface area is 231 Å². The summed E-state index contributed by atoms with van der Waals surface area (Å²) in [6, 6.07) is 10.7. The van der Waals surface area contributed by atoms with E-state index in [4.69, 9.17) is 15.9 Å². The maximum atomic E-state index is 12.6. The van der Waals surface area contributed by atoms with Crippen LogP contribution in [0.1, 0.15) is 83.7 Å². The van der Waals surface area contributed by atoms with Gasteiger partial charge in [-0.2, -0.15) is 0 Å². The highest BCUT2D eigenvalue weighted by Gasteiger charge is 2.33. The van der Waals surface area contributed by atoms with Gasteiger partial charge in [-0.3, -0.25) is 14.6 Å². The number of hydrogen-bond donors (Lipinski definition) is 2. The van der Waals surface area contributed by atoms with Crippen LogP contribution < -0.4 is 11.5 Å². The number of nitrogens with two attached hydrogens (primary N) is 2. The summed E-state index contributed by atoms with van der Waals surface area (Å²) in [6.07, 6.45) is 4.65. The largest absolute Gasteiger partial charge is 0.472 e. The molecule has 1 atom stereocenters. The number of anilines is 1. The highest BCUT2D eigenvalue weighted by molar-refractivity contribution is 7.90. The molecule has 0 spiro atoms. The van der Waals surface area contributed by atoms with Gasteiger partial charge in [0, 0.05) is 50.1 Å². The van der Waals surface area contributed by atoms with Crippen molar-refractivity contribution in [1.82, 2.24) is 9.80 Å². The van der Waals surface area contributed by atoms with E-state index in [1.54, 1.807) is 24.7 Å². The molecule has 3 aromatic rings. The first-order valence-electron chi connectivity index (χ1n) is 13.4. The smallest absolute Gasteiger partial charge is 0.248 e. The van der Waals surface area contributed by atoms with Crippen molar-refractivity contribution in [2.75, 3.05) is 38.2 Å². The van der Waals surface area contributed by atoms with Gasteiger partial charge < -0.3 is 15.9 Å². The van der Waals surface area contributed by atoms with Crippen molar-refractivity contribution in [3.8, 4) is 0 Å². The van der Waals surface area contributed by atoms with E-state index in [0.717, 1.165) is 60.5 Å². The number of furan rings is 1. The summed E-state index contributed by atoms with van der Waals surface area (Å²) in [4.78, 5) is 17.3. The van der Waals surface area contributed by atoms with Gasteiger partial charge in [0.1, 0.15) is 0 Å². The van der Waals surface area contributed by atoms with Gasteiger partial charge in [-0.1, -0.05) is 45.9 Å². The fourth-order valence-corrected chi connectivity index (χ4v) is 6.72. The summed E-state index contributed by atoms with van der Waals surface area (Å²) in [5, 5.41) is 0. The van der Waals surface area contributed by atoms with Crippen LogP contribution >= 0.6 is 0 Å². The number of primary amides is 1. The van der Waals surface area contributed by atoms with Crippen molar-refractivity contribution in [3.63, 3.8) is 0 Å². The molecular formula is C30H40N4O4S. The fraction of sp³-hybridized carbons (Fsp3) is 0.433. The van der Waals surface area contributed by atoms with E-state index >= 15 is 0 Å². The standard InChI is InChI=1S/C30H40N4O4S/c1-19(2)26-22(9-10-23(30(32)35)27(26)20(3)4)29(24-7-6-8-25(28(24)31)39(5,36)37)34-14-12-33(13-15-34)17-21-11-16-38-18-21/h6-11,16,18-20,29H,12-15,17,31H2,1-5H3,(H2,32,35). The lowest BCUT2D eigenvalue weighted by atomic mass is 9.79. The van der Waals surface area contributed by atoms with Crippen LogP contribution in [-0.4, -0.2) is 56.6 Å². The Morgan fingerprint density at radius 2 is 1.62 bits per heavy atom. The van der Waals surface area contributed by atoms with Crippen molar-refractivity contribution in [1.29, 1.82) is 0 Å². The van der Waals surface area contributed by atoms with Gasteiger partial charge >= 0.3 is 0 Å². The molecule has 0 saturated carbocycles. The minimum Gasteiger partial charge on any atom is -0.472 e. The fourth-order valence-electron chi connectivity index (χ4n) is 5.88. The minimum absolute atomic E-state index is 0.0667. The summed E-state index contributed by atoms with van der Waals surface area (Å²) in [6.45, 7) is 12.4. The molecule has 1 aliphatic heterocycles. The summed E-state index contributed by atoms with van der Waals surface area (Å²) in [7, 11) is -3.53. The number of nitrogens with zero attached hydrogens (tertiary/aromatic N) is 2. The summed E-state index contributed by atoms with van der Waals surface area (Å²) >= 11 is 0. The molecule has 0 aliphatic carbocycles. The van der Waals surface area contributed by atoms with Crippen LogP contribution in [0.5, 0.6) is 0 Å². The highest BCUT2D eigenvalue weighted by Crippen LogP contribution is 2.42. The number of para-hydroxylation sites is 1. The molecular weight excluding hydrogens is 512 g/mol. The van der Waals surface area contributed by atoms with Crippen LogP contribution in [0.15, 0.2) is 58.2 Å². The molecule has 0 radical (unpaired) electrons. The van der Waals surface area contributed by atoms with E-state index in [0.29, 0.717) is 5.56 Å². The third-order valence-electron chi connectivity index (χ3n) is 7.59. The third kappa shape index (κ3) is 6.05. The second kappa shape index (κ2) is 11.5. The molecule has 1 amide bonds. The monoisotopic (exact) mass is 552 g/mol. The highest BCUT2D eigenvalue weighted by atomic mass is 32.2. The number of carbonyl (C=O) groups excluding carboxylic acids is 1. The molecule has 2 aromatic carbocycles. The van der Waals surface area contributed by atoms with Crippen molar-refractivity contribution in [3.05, 3.63) is 82.3 Å². The Kier molecular flexibility index (Phi) is 8.54. The molecule has 9 heteroatoms. The van der Waals surface area contributed by atoms with Gasteiger partial charge in [0.15, 0.2) is 9.84 Å². The van der Waals surface area contributed by atoms with Crippen LogP contribution in [0.4, 0.5) is 5.69 Å². The van der Waals surface area contributed by atoms with Crippen LogP contribution in [0, 0.1) is 0 Å². The predicted molar refractivity (Wildman–Crippen MR) is 155 cm³/mol. The van der Waals surface area contributed by atoms with Crippen LogP contribution in [0.3, 0.4) is 0 Å². The summed E-state index contributed by atoms with van der Waals surface area (Å²) < 4.78 is 30.5. The Hall–Kier alpha value is -3.14. The van der Waals surface area contributed by atoms with Crippen molar-refractivity contribution < 1.29 is 17.6 Å². The van der Waals surface area contributed by atoms with Crippen molar-refractivity contribution >= 4 is 21.4 Å². The van der Waals surface area contributed by atoms with E-state index in [9.17, 15) is 13.2 Å². The number of amides is 1. The number of piperazine rings is 1. The molecule has 1 saturated heterocycles. The van der Waals surface area contributed by atoms with Crippen molar-refractivity contribution in [2.24, 2.45) is 5.73 Å². The Balaban J connectivity index is 1.86. The van der Waals surface area contributed by atoms with E-state index in [2.05, 4.69) is 37.5 Å². The van der Waals surface area contributed by atoms with Gasteiger partial charge in [0.2, 0.25) is 5.91 Å². The molecule has 1 fully saturated rings. The van der Waals surface area contributed by atoms with Crippen LogP contribution in [-0.2, 0) is 16.4 Å². The number of carbonyl (C=O) groups is 1. The zero-order chi connectivity index (χ0) is 28.5. The topological polar surface area (TPSA) is 123 Å². The number of benzene rings is 2. The van der Waals surface area contributed by atoms with Crippen molar-refractivity contribution in [2.45, 2.75) is 57.0 Å². The Morgan fingerprint density at radius 3 is 2.15 bits per heavy atom. The van der Waals surface area contributed by atoms with E-state index in [1.165, 1.54) is 6.26 Å².